The summed E-state index contributed by atoms with van der Waals surface area (Å²) < 4.78 is 27.6. The van der Waals surface area contributed by atoms with Gasteiger partial charge in [0.25, 0.3) is 0 Å². The molecule has 0 unspecified atom stereocenters. The molecule has 0 N–H and O–H groups in total. The molecule has 1 saturated heterocycles. The van der Waals surface area contributed by atoms with E-state index in [1.54, 1.807) is 29.2 Å². The minimum absolute atomic E-state index is 0.0342. The van der Waals surface area contributed by atoms with E-state index in [2.05, 4.69) is 15.9 Å². The van der Waals surface area contributed by atoms with Gasteiger partial charge in [0, 0.05) is 30.7 Å². The predicted molar refractivity (Wildman–Crippen MR) is 99.6 cm³/mol. The minimum Gasteiger partial charge on any atom is -0.340 e. The van der Waals surface area contributed by atoms with Gasteiger partial charge in [0.1, 0.15) is 0 Å². The predicted octanol–water partition coefficient (Wildman–Crippen LogP) is 2.52. The quantitative estimate of drug-likeness (QED) is 0.760. The summed E-state index contributed by atoms with van der Waals surface area (Å²) in [6.07, 6.45) is 0.348. The van der Waals surface area contributed by atoms with Gasteiger partial charge in [-0.1, -0.05) is 46.3 Å². The standard InChI is InChI=1S/C18H19BrN2O3S/c19-16-6-8-17(9-7-16)25(23,24)21-12-10-20(11-13-21)18(22)14-15-4-2-1-3-5-15/h1-9H,10-14H2. The first-order valence-corrected chi connectivity index (χ1v) is 10.3. The van der Waals surface area contributed by atoms with Crippen LogP contribution in [0.3, 0.4) is 0 Å². The van der Waals surface area contributed by atoms with E-state index in [1.165, 1.54) is 4.31 Å². The van der Waals surface area contributed by atoms with Crippen LogP contribution in [0.2, 0.25) is 0 Å². The number of benzene rings is 2. The number of hydrogen-bond acceptors (Lipinski definition) is 3. The van der Waals surface area contributed by atoms with Crippen LogP contribution in [-0.4, -0.2) is 49.7 Å². The molecule has 1 fully saturated rings. The molecule has 0 aromatic heterocycles. The van der Waals surface area contributed by atoms with E-state index < -0.39 is 10.0 Å². The molecule has 0 aliphatic carbocycles. The Balaban J connectivity index is 1.61. The van der Waals surface area contributed by atoms with E-state index in [0.29, 0.717) is 32.6 Å². The van der Waals surface area contributed by atoms with E-state index >= 15 is 0 Å². The van der Waals surface area contributed by atoms with E-state index in [1.807, 2.05) is 30.3 Å². The number of halogens is 1. The van der Waals surface area contributed by atoms with Crippen LogP contribution < -0.4 is 0 Å². The van der Waals surface area contributed by atoms with Crippen LogP contribution in [0.5, 0.6) is 0 Å². The first-order chi connectivity index (χ1) is 12.0. The molecule has 0 spiro atoms. The van der Waals surface area contributed by atoms with Crippen LogP contribution in [0.25, 0.3) is 0 Å². The summed E-state index contributed by atoms with van der Waals surface area (Å²) in [5.74, 6) is 0.0342. The van der Waals surface area contributed by atoms with Gasteiger partial charge in [0.05, 0.1) is 11.3 Å². The van der Waals surface area contributed by atoms with Crippen LogP contribution in [0.4, 0.5) is 0 Å². The lowest BCUT2D eigenvalue weighted by Gasteiger charge is -2.34. The summed E-state index contributed by atoms with van der Waals surface area (Å²) >= 11 is 3.31. The molecule has 0 atom stereocenters. The fraction of sp³-hybridized carbons (Fsp3) is 0.278. The molecule has 1 heterocycles. The zero-order chi connectivity index (χ0) is 17.9. The Morgan fingerprint density at radius 3 is 2.12 bits per heavy atom. The highest BCUT2D eigenvalue weighted by Crippen LogP contribution is 2.20. The summed E-state index contributed by atoms with van der Waals surface area (Å²) in [6.45, 7) is 1.47. The Morgan fingerprint density at radius 1 is 0.920 bits per heavy atom. The fourth-order valence-corrected chi connectivity index (χ4v) is 4.50. The van der Waals surface area contributed by atoms with Crippen molar-refractivity contribution >= 4 is 31.9 Å². The number of carbonyl (C=O) groups is 1. The van der Waals surface area contributed by atoms with E-state index in [0.717, 1.165) is 10.0 Å². The molecule has 2 aromatic rings. The molecular weight excluding hydrogens is 404 g/mol. The maximum absolute atomic E-state index is 12.7. The van der Waals surface area contributed by atoms with Crippen molar-refractivity contribution in [3.8, 4) is 0 Å². The van der Waals surface area contributed by atoms with Gasteiger partial charge in [-0.15, -0.1) is 0 Å². The first kappa shape index (κ1) is 18.1. The van der Waals surface area contributed by atoms with Gasteiger partial charge in [-0.25, -0.2) is 8.42 Å². The molecule has 1 aliphatic rings. The lowest BCUT2D eigenvalue weighted by atomic mass is 10.1. The third-order valence-electron chi connectivity index (χ3n) is 4.24. The normalized spacial score (nSPS) is 16.0. The third kappa shape index (κ3) is 4.29. The van der Waals surface area contributed by atoms with E-state index in [4.69, 9.17) is 0 Å². The first-order valence-electron chi connectivity index (χ1n) is 8.04. The average Bonchev–Trinajstić information content (AvgIpc) is 2.63. The highest BCUT2D eigenvalue weighted by atomic mass is 79.9. The van der Waals surface area contributed by atoms with Gasteiger partial charge in [-0.05, 0) is 29.8 Å². The lowest BCUT2D eigenvalue weighted by Crippen LogP contribution is -2.50. The van der Waals surface area contributed by atoms with Crippen LogP contribution in [0, 0.1) is 0 Å². The molecule has 2 aromatic carbocycles. The van der Waals surface area contributed by atoms with Crippen LogP contribution in [0.15, 0.2) is 64.0 Å². The molecule has 3 rings (SSSR count). The van der Waals surface area contributed by atoms with Crippen LogP contribution >= 0.6 is 15.9 Å². The summed E-state index contributed by atoms with van der Waals surface area (Å²) in [4.78, 5) is 14.4. The van der Waals surface area contributed by atoms with Gasteiger partial charge in [0.2, 0.25) is 15.9 Å². The van der Waals surface area contributed by atoms with Gasteiger partial charge >= 0.3 is 0 Å². The SMILES string of the molecule is O=C(Cc1ccccc1)N1CCN(S(=O)(=O)c2ccc(Br)cc2)CC1. The molecule has 1 amide bonds. The van der Waals surface area contributed by atoms with Crippen molar-refractivity contribution in [1.82, 2.24) is 9.21 Å². The lowest BCUT2D eigenvalue weighted by molar-refractivity contribution is -0.131. The molecule has 25 heavy (non-hydrogen) atoms. The summed E-state index contributed by atoms with van der Waals surface area (Å²) in [7, 11) is -3.51. The van der Waals surface area contributed by atoms with Crippen molar-refractivity contribution in [1.29, 1.82) is 0 Å². The highest BCUT2D eigenvalue weighted by molar-refractivity contribution is 9.10. The maximum Gasteiger partial charge on any atom is 0.243 e. The number of nitrogens with zero attached hydrogens (tertiary/aromatic N) is 2. The molecule has 0 radical (unpaired) electrons. The largest absolute Gasteiger partial charge is 0.340 e. The maximum atomic E-state index is 12.7. The monoisotopic (exact) mass is 422 g/mol. The molecule has 1 aliphatic heterocycles. The number of hydrogen-bond donors (Lipinski definition) is 0. The number of piperazine rings is 1. The second-order valence-electron chi connectivity index (χ2n) is 5.90. The van der Waals surface area contributed by atoms with E-state index in [9.17, 15) is 13.2 Å². The second-order valence-corrected chi connectivity index (χ2v) is 8.75. The topological polar surface area (TPSA) is 57.7 Å². The average molecular weight is 423 g/mol. The molecule has 132 valence electrons. The van der Waals surface area contributed by atoms with Crippen molar-refractivity contribution in [2.24, 2.45) is 0 Å². The van der Waals surface area contributed by atoms with Crippen molar-refractivity contribution in [3.63, 3.8) is 0 Å². The number of rotatable bonds is 4. The van der Waals surface area contributed by atoms with Crippen LogP contribution in [-0.2, 0) is 21.2 Å². The highest BCUT2D eigenvalue weighted by Gasteiger charge is 2.29. The van der Waals surface area contributed by atoms with Crippen molar-refractivity contribution in [2.75, 3.05) is 26.2 Å². The molecule has 0 bridgehead atoms. The van der Waals surface area contributed by atoms with E-state index in [-0.39, 0.29) is 10.8 Å². The second kappa shape index (κ2) is 7.68. The summed E-state index contributed by atoms with van der Waals surface area (Å²) in [6, 6.07) is 16.2. The summed E-state index contributed by atoms with van der Waals surface area (Å²) in [5.41, 5.74) is 0.970. The van der Waals surface area contributed by atoms with Gasteiger partial charge in [-0.2, -0.15) is 4.31 Å². The van der Waals surface area contributed by atoms with Crippen molar-refractivity contribution in [3.05, 3.63) is 64.6 Å². The van der Waals surface area contributed by atoms with Crippen LogP contribution in [0.1, 0.15) is 5.56 Å². The van der Waals surface area contributed by atoms with Gasteiger partial charge < -0.3 is 4.90 Å². The minimum atomic E-state index is -3.51. The summed E-state index contributed by atoms with van der Waals surface area (Å²) in [5, 5.41) is 0. The number of amides is 1. The molecule has 7 heteroatoms. The smallest absolute Gasteiger partial charge is 0.243 e. The van der Waals surface area contributed by atoms with Gasteiger partial charge in [0.15, 0.2) is 0 Å². The molecular formula is C18H19BrN2O3S. The zero-order valence-corrected chi connectivity index (χ0v) is 16.0. The fourth-order valence-electron chi connectivity index (χ4n) is 2.82. The Bertz CT molecular complexity index is 830. The molecule has 0 saturated carbocycles. The zero-order valence-electron chi connectivity index (χ0n) is 13.6. The number of sulfonamides is 1. The molecule has 5 nitrogen and oxygen atoms in total. The van der Waals surface area contributed by atoms with Crippen molar-refractivity contribution < 1.29 is 13.2 Å². The van der Waals surface area contributed by atoms with Gasteiger partial charge in [-0.3, -0.25) is 4.79 Å². The Kier molecular flexibility index (Phi) is 5.56. The Labute approximate surface area is 156 Å². The number of carbonyl (C=O) groups excluding carboxylic acids is 1. The Morgan fingerprint density at radius 2 is 1.52 bits per heavy atom. The Hall–Kier alpha value is -1.70. The van der Waals surface area contributed by atoms with Crippen molar-refractivity contribution in [2.45, 2.75) is 11.3 Å². The third-order valence-corrected chi connectivity index (χ3v) is 6.68.